The Balaban J connectivity index is 2.73. The molecule has 17 heavy (non-hydrogen) atoms. The maximum atomic E-state index is 11.4. The van der Waals surface area contributed by atoms with Crippen LogP contribution in [0.25, 0.3) is 0 Å². The van der Waals surface area contributed by atoms with Crippen LogP contribution >= 0.6 is 0 Å². The molecule has 0 aliphatic heterocycles. The fourth-order valence-corrected chi connectivity index (χ4v) is 1.77. The van der Waals surface area contributed by atoms with Crippen LogP contribution in [0.3, 0.4) is 0 Å². The van der Waals surface area contributed by atoms with Crippen molar-refractivity contribution in [3.63, 3.8) is 0 Å². The number of carbonyl (C=O) groups excluding carboxylic acids is 1. The highest BCUT2D eigenvalue weighted by Gasteiger charge is 2.07. The van der Waals surface area contributed by atoms with Gasteiger partial charge in [0.1, 0.15) is 5.75 Å². The van der Waals surface area contributed by atoms with E-state index in [1.165, 1.54) is 5.56 Å². The number of methoxy groups -OCH3 is 1. The van der Waals surface area contributed by atoms with E-state index < -0.39 is 0 Å². The Labute approximate surface area is 103 Å². The van der Waals surface area contributed by atoms with Gasteiger partial charge in [0, 0.05) is 13.0 Å². The number of hydrogen-bond acceptors (Lipinski definition) is 2. The maximum absolute atomic E-state index is 11.4. The molecule has 1 rings (SSSR count). The summed E-state index contributed by atoms with van der Waals surface area (Å²) >= 11 is 0. The number of amides is 1. The first-order valence-electron chi connectivity index (χ1n) is 5.99. The molecule has 0 spiro atoms. The zero-order chi connectivity index (χ0) is 12.8. The van der Waals surface area contributed by atoms with Crippen molar-refractivity contribution in [2.75, 3.05) is 7.11 Å². The summed E-state index contributed by atoms with van der Waals surface area (Å²) in [6.45, 7) is 6.68. The van der Waals surface area contributed by atoms with Gasteiger partial charge in [0.25, 0.3) is 0 Å². The molecular formula is C14H21NO2. The molecule has 0 radical (unpaired) electrons. The molecule has 0 aromatic heterocycles. The largest absolute Gasteiger partial charge is 0.496 e. The van der Waals surface area contributed by atoms with Gasteiger partial charge in [-0.15, -0.1) is 0 Å². The van der Waals surface area contributed by atoms with E-state index in [0.29, 0.717) is 13.0 Å². The van der Waals surface area contributed by atoms with E-state index >= 15 is 0 Å². The summed E-state index contributed by atoms with van der Waals surface area (Å²) in [7, 11) is 1.67. The fraction of sp³-hybridized carbons (Fsp3) is 0.500. The van der Waals surface area contributed by atoms with Crippen molar-refractivity contribution >= 4 is 5.91 Å². The second kappa shape index (κ2) is 6.28. The molecule has 1 N–H and O–H groups in total. The van der Waals surface area contributed by atoms with Crippen LogP contribution in [-0.4, -0.2) is 13.0 Å². The topological polar surface area (TPSA) is 38.3 Å². The first kappa shape index (κ1) is 13.6. The van der Waals surface area contributed by atoms with Crippen molar-refractivity contribution in [1.82, 2.24) is 5.32 Å². The third-order valence-corrected chi connectivity index (χ3v) is 3.02. The Kier molecular flexibility index (Phi) is 5.01. The minimum atomic E-state index is 0.111. The van der Waals surface area contributed by atoms with Crippen LogP contribution in [-0.2, 0) is 11.3 Å². The van der Waals surface area contributed by atoms with Crippen LogP contribution in [0, 0.1) is 13.8 Å². The highest BCUT2D eigenvalue weighted by Crippen LogP contribution is 2.23. The number of nitrogens with one attached hydrogen (secondary N) is 1. The van der Waals surface area contributed by atoms with Gasteiger partial charge in [0.2, 0.25) is 5.91 Å². The standard InChI is InChI=1S/C14H21NO2/c1-5-6-14(16)15-9-12-7-8-13(17-4)11(3)10(12)2/h7-8H,5-6,9H2,1-4H3,(H,15,16). The molecule has 1 aromatic rings. The molecule has 0 bridgehead atoms. The molecule has 0 unspecified atom stereocenters. The lowest BCUT2D eigenvalue weighted by Crippen LogP contribution is -2.22. The zero-order valence-corrected chi connectivity index (χ0v) is 11.1. The third kappa shape index (κ3) is 3.48. The van der Waals surface area contributed by atoms with Crippen molar-refractivity contribution in [2.45, 2.75) is 40.2 Å². The van der Waals surface area contributed by atoms with Gasteiger partial charge in [-0.25, -0.2) is 0 Å². The molecule has 0 aliphatic carbocycles. The van der Waals surface area contributed by atoms with Crippen LogP contribution in [0.15, 0.2) is 12.1 Å². The van der Waals surface area contributed by atoms with Crippen molar-refractivity contribution in [2.24, 2.45) is 0 Å². The van der Waals surface area contributed by atoms with Crippen molar-refractivity contribution in [3.8, 4) is 5.75 Å². The minimum absolute atomic E-state index is 0.111. The van der Waals surface area contributed by atoms with Crippen molar-refractivity contribution < 1.29 is 9.53 Å². The molecule has 1 aromatic carbocycles. The van der Waals surface area contributed by atoms with Gasteiger partial charge in [-0.05, 0) is 43.0 Å². The van der Waals surface area contributed by atoms with E-state index in [2.05, 4.69) is 12.2 Å². The second-order valence-electron chi connectivity index (χ2n) is 4.20. The fourth-order valence-electron chi connectivity index (χ4n) is 1.77. The summed E-state index contributed by atoms with van der Waals surface area (Å²) < 4.78 is 5.26. The normalized spacial score (nSPS) is 10.1. The molecule has 0 heterocycles. The highest BCUT2D eigenvalue weighted by atomic mass is 16.5. The second-order valence-corrected chi connectivity index (χ2v) is 4.20. The van der Waals surface area contributed by atoms with E-state index in [1.807, 2.05) is 26.0 Å². The summed E-state index contributed by atoms with van der Waals surface area (Å²) in [5, 5.41) is 2.93. The van der Waals surface area contributed by atoms with Gasteiger partial charge in [-0.3, -0.25) is 4.79 Å². The quantitative estimate of drug-likeness (QED) is 0.852. The molecular weight excluding hydrogens is 214 g/mol. The molecule has 0 saturated heterocycles. The van der Waals surface area contributed by atoms with Gasteiger partial charge < -0.3 is 10.1 Å². The molecule has 0 fully saturated rings. The van der Waals surface area contributed by atoms with E-state index in [-0.39, 0.29) is 5.91 Å². The lowest BCUT2D eigenvalue weighted by molar-refractivity contribution is -0.121. The van der Waals surface area contributed by atoms with Gasteiger partial charge in [-0.1, -0.05) is 13.0 Å². The maximum Gasteiger partial charge on any atom is 0.220 e. The molecule has 3 nitrogen and oxygen atoms in total. The first-order chi connectivity index (χ1) is 8.10. The molecule has 0 saturated carbocycles. The number of hydrogen-bond donors (Lipinski definition) is 1. The lowest BCUT2D eigenvalue weighted by atomic mass is 10.0. The number of rotatable bonds is 5. The Morgan fingerprint density at radius 3 is 2.59 bits per heavy atom. The third-order valence-electron chi connectivity index (χ3n) is 3.02. The Morgan fingerprint density at radius 1 is 1.29 bits per heavy atom. The van der Waals surface area contributed by atoms with E-state index in [0.717, 1.165) is 23.3 Å². The van der Waals surface area contributed by atoms with Crippen LogP contribution in [0.1, 0.15) is 36.5 Å². The first-order valence-corrected chi connectivity index (χ1v) is 5.99. The van der Waals surface area contributed by atoms with Gasteiger partial charge in [0.15, 0.2) is 0 Å². The zero-order valence-electron chi connectivity index (χ0n) is 11.1. The molecule has 3 heteroatoms. The Hall–Kier alpha value is -1.51. The van der Waals surface area contributed by atoms with Crippen LogP contribution < -0.4 is 10.1 Å². The van der Waals surface area contributed by atoms with Crippen molar-refractivity contribution in [1.29, 1.82) is 0 Å². The van der Waals surface area contributed by atoms with Crippen LogP contribution in [0.4, 0.5) is 0 Å². The average molecular weight is 235 g/mol. The molecule has 0 atom stereocenters. The summed E-state index contributed by atoms with van der Waals surface area (Å²) in [6, 6.07) is 3.96. The smallest absolute Gasteiger partial charge is 0.220 e. The van der Waals surface area contributed by atoms with Gasteiger partial charge in [0.05, 0.1) is 7.11 Å². The highest BCUT2D eigenvalue weighted by molar-refractivity contribution is 5.75. The SMILES string of the molecule is CCCC(=O)NCc1ccc(OC)c(C)c1C. The van der Waals surface area contributed by atoms with Crippen LogP contribution in [0.2, 0.25) is 0 Å². The Bertz CT molecular complexity index is 399. The minimum Gasteiger partial charge on any atom is -0.496 e. The van der Waals surface area contributed by atoms with Gasteiger partial charge >= 0.3 is 0 Å². The summed E-state index contributed by atoms with van der Waals surface area (Å²) in [4.78, 5) is 11.4. The van der Waals surface area contributed by atoms with E-state index in [4.69, 9.17) is 4.74 Å². The van der Waals surface area contributed by atoms with E-state index in [1.54, 1.807) is 7.11 Å². The number of benzene rings is 1. The summed E-state index contributed by atoms with van der Waals surface area (Å²) in [6.07, 6.45) is 1.47. The predicted molar refractivity (Wildman–Crippen MR) is 69.2 cm³/mol. The molecule has 1 amide bonds. The summed E-state index contributed by atoms with van der Waals surface area (Å²) in [5.41, 5.74) is 3.46. The lowest BCUT2D eigenvalue weighted by Gasteiger charge is -2.13. The molecule has 0 aliphatic rings. The monoisotopic (exact) mass is 235 g/mol. The van der Waals surface area contributed by atoms with Gasteiger partial charge in [-0.2, -0.15) is 0 Å². The van der Waals surface area contributed by atoms with E-state index in [9.17, 15) is 4.79 Å². The predicted octanol–water partition coefficient (Wildman–Crippen LogP) is 2.73. The molecule has 94 valence electrons. The number of carbonyl (C=O) groups is 1. The Morgan fingerprint density at radius 2 is 2.00 bits per heavy atom. The average Bonchev–Trinajstić information content (AvgIpc) is 2.31. The van der Waals surface area contributed by atoms with Crippen molar-refractivity contribution in [3.05, 3.63) is 28.8 Å². The number of ether oxygens (including phenoxy) is 1. The van der Waals surface area contributed by atoms with Crippen LogP contribution in [0.5, 0.6) is 5.75 Å². The summed E-state index contributed by atoms with van der Waals surface area (Å²) in [5.74, 6) is 1.01.